The van der Waals surface area contributed by atoms with Gasteiger partial charge in [0.05, 0.1) is 12.2 Å². The van der Waals surface area contributed by atoms with Crippen molar-refractivity contribution in [1.82, 2.24) is 20.4 Å². The van der Waals surface area contributed by atoms with E-state index < -0.39 is 5.60 Å². The molecule has 1 aliphatic heterocycles. The van der Waals surface area contributed by atoms with Crippen LogP contribution >= 0.6 is 0 Å². The molecule has 1 atom stereocenters. The Morgan fingerprint density at radius 3 is 2.60 bits per heavy atom. The molecule has 0 aliphatic carbocycles. The summed E-state index contributed by atoms with van der Waals surface area (Å²) in [5.74, 6) is 0.744. The lowest BCUT2D eigenvalue weighted by Crippen LogP contribution is -2.39. The topological polar surface area (TPSA) is 68.2 Å². The minimum atomic E-state index is -0.482. The molecular formula is C19H34N4O2. The van der Waals surface area contributed by atoms with Gasteiger partial charge in [0.1, 0.15) is 5.60 Å². The molecule has 1 unspecified atom stereocenters. The third kappa shape index (κ3) is 6.03. The van der Waals surface area contributed by atoms with Crippen LogP contribution in [0.15, 0.2) is 0 Å². The maximum Gasteiger partial charge on any atom is 0.407 e. The molecule has 6 nitrogen and oxygen atoms in total. The quantitative estimate of drug-likeness (QED) is 0.857. The second-order valence-corrected chi connectivity index (χ2v) is 8.28. The summed E-state index contributed by atoms with van der Waals surface area (Å²) in [6, 6.07) is -0.0421. The number of aromatic nitrogens is 2. The number of carbonyl (C=O) groups is 1. The average Bonchev–Trinajstić information content (AvgIpc) is 2.73. The molecule has 0 radical (unpaired) electrons. The molecule has 1 fully saturated rings. The zero-order valence-corrected chi connectivity index (χ0v) is 16.6. The highest BCUT2D eigenvalue weighted by Gasteiger charge is 2.21. The number of nitrogens with zero attached hydrogens (tertiary/aromatic N) is 2. The van der Waals surface area contributed by atoms with E-state index in [2.05, 4.69) is 24.5 Å². The van der Waals surface area contributed by atoms with Gasteiger partial charge in [-0.2, -0.15) is 5.10 Å². The highest BCUT2D eigenvalue weighted by Crippen LogP contribution is 2.23. The zero-order valence-electron chi connectivity index (χ0n) is 16.6. The Balaban J connectivity index is 1.95. The van der Waals surface area contributed by atoms with Gasteiger partial charge in [0, 0.05) is 11.7 Å². The van der Waals surface area contributed by atoms with Gasteiger partial charge < -0.3 is 15.4 Å². The van der Waals surface area contributed by atoms with E-state index in [-0.39, 0.29) is 12.1 Å². The van der Waals surface area contributed by atoms with Crippen LogP contribution in [0.25, 0.3) is 0 Å². The van der Waals surface area contributed by atoms with Crippen LogP contribution < -0.4 is 10.6 Å². The van der Waals surface area contributed by atoms with Gasteiger partial charge in [-0.1, -0.05) is 0 Å². The highest BCUT2D eigenvalue weighted by atomic mass is 16.6. The number of rotatable bonds is 5. The SMILES string of the molecule is Cc1nn(CC(C)NC(=O)OC(C)(C)C)c(C)c1CC1CCNCC1. The zero-order chi connectivity index (χ0) is 18.6. The Morgan fingerprint density at radius 1 is 1.36 bits per heavy atom. The van der Waals surface area contributed by atoms with Crippen LogP contribution in [0.5, 0.6) is 0 Å². The first-order valence-electron chi connectivity index (χ1n) is 9.39. The van der Waals surface area contributed by atoms with E-state index >= 15 is 0 Å². The lowest BCUT2D eigenvalue weighted by Gasteiger charge is -2.23. The van der Waals surface area contributed by atoms with Gasteiger partial charge in [0.2, 0.25) is 0 Å². The number of ether oxygens (including phenoxy) is 1. The third-order valence-electron chi connectivity index (χ3n) is 4.69. The summed E-state index contributed by atoms with van der Waals surface area (Å²) < 4.78 is 7.34. The van der Waals surface area contributed by atoms with E-state index in [1.54, 1.807) is 0 Å². The van der Waals surface area contributed by atoms with Gasteiger partial charge in [-0.05, 0) is 85.4 Å². The molecule has 2 heterocycles. The van der Waals surface area contributed by atoms with Crippen LogP contribution in [0.1, 0.15) is 57.5 Å². The predicted octanol–water partition coefficient (Wildman–Crippen LogP) is 2.96. The molecule has 25 heavy (non-hydrogen) atoms. The molecule has 1 saturated heterocycles. The maximum absolute atomic E-state index is 11.9. The highest BCUT2D eigenvalue weighted by molar-refractivity contribution is 5.68. The van der Waals surface area contributed by atoms with Crippen molar-refractivity contribution in [2.45, 2.75) is 79.0 Å². The lowest BCUT2D eigenvalue weighted by atomic mass is 9.90. The van der Waals surface area contributed by atoms with E-state index in [0.29, 0.717) is 6.54 Å². The Morgan fingerprint density at radius 2 is 2.00 bits per heavy atom. The van der Waals surface area contributed by atoms with Crippen LogP contribution in [-0.4, -0.2) is 40.6 Å². The third-order valence-corrected chi connectivity index (χ3v) is 4.69. The van der Waals surface area contributed by atoms with Crippen LogP contribution in [0, 0.1) is 19.8 Å². The summed E-state index contributed by atoms with van der Waals surface area (Å²) >= 11 is 0. The van der Waals surface area contributed by atoms with Crippen molar-refractivity contribution in [3.8, 4) is 0 Å². The molecule has 2 rings (SSSR count). The van der Waals surface area contributed by atoms with Gasteiger partial charge >= 0.3 is 6.09 Å². The second-order valence-electron chi connectivity index (χ2n) is 8.28. The first-order valence-corrected chi connectivity index (χ1v) is 9.39. The minimum Gasteiger partial charge on any atom is -0.444 e. The number of alkyl carbamates (subject to hydrolysis) is 1. The summed E-state index contributed by atoms with van der Waals surface area (Å²) in [5, 5.41) is 11.0. The number of carbonyl (C=O) groups excluding carboxylic acids is 1. The van der Waals surface area contributed by atoms with E-state index in [1.807, 2.05) is 32.4 Å². The summed E-state index contributed by atoms with van der Waals surface area (Å²) in [6.45, 7) is 14.7. The van der Waals surface area contributed by atoms with Crippen molar-refractivity contribution in [1.29, 1.82) is 0 Å². The molecule has 1 aliphatic rings. The van der Waals surface area contributed by atoms with Crippen LogP contribution in [0.4, 0.5) is 4.79 Å². The van der Waals surface area contributed by atoms with E-state index in [0.717, 1.165) is 31.1 Å². The number of hydrogen-bond donors (Lipinski definition) is 2. The van der Waals surface area contributed by atoms with Crippen molar-refractivity contribution in [3.05, 3.63) is 17.0 Å². The molecular weight excluding hydrogens is 316 g/mol. The van der Waals surface area contributed by atoms with E-state index in [1.165, 1.54) is 24.1 Å². The van der Waals surface area contributed by atoms with Crippen molar-refractivity contribution in [2.75, 3.05) is 13.1 Å². The number of amides is 1. The molecule has 1 aromatic rings. The Kier molecular flexibility index (Phi) is 6.49. The largest absolute Gasteiger partial charge is 0.444 e. The molecule has 0 bridgehead atoms. The normalized spacial score (nSPS) is 17.4. The summed E-state index contributed by atoms with van der Waals surface area (Å²) in [6.07, 6.45) is 3.20. The van der Waals surface area contributed by atoms with E-state index in [9.17, 15) is 4.79 Å². The maximum atomic E-state index is 11.9. The number of piperidine rings is 1. The molecule has 0 spiro atoms. The molecule has 1 amide bonds. The van der Waals surface area contributed by atoms with Gasteiger partial charge in [0.15, 0.2) is 0 Å². The summed E-state index contributed by atoms with van der Waals surface area (Å²) in [7, 11) is 0. The molecule has 2 N–H and O–H groups in total. The summed E-state index contributed by atoms with van der Waals surface area (Å²) in [4.78, 5) is 11.9. The Bertz CT molecular complexity index is 583. The minimum absolute atomic E-state index is 0.0421. The first kappa shape index (κ1) is 19.8. The molecule has 0 saturated carbocycles. The predicted molar refractivity (Wildman–Crippen MR) is 99.8 cm³/mol. The van der Waals surface area contributed by atoms with Crippen molar-refractivity contribution >= 4 is 6.09 Å². The van der Waals surface area contributed by atoms with Crippen LogP contribution in [0.2, 0.25) is 0 Å². The first-order chi connectivity index (χ1) is 11.7. The monoisotopic (exact) mass is 350 g/mol. The fourth-order valence-corrected chi connectivity index (χ4v) is 3.40. The molecule has 142 valence electrons. The van der Waals surface area contributed by atoms with Gasteiger partial charge in [-0.25, -0.2) is 4.79 Å². The number of aryl methyl sites for hydroxylation is 1. The van der Waals surface area contributed by atoms with Crippen molar-refractivity contribution in [2.24, 2.45) is 5.92 Å². The van der Waals surface area contributed by atoms with E-state index in [4.69, 9.17) is 9.84 Å². The Labute approximate surface area is 151 Å². The smallest absolute Gasteiger partial charge is 0.407 e. The second kappa shape index (κ2) is 8.21. The van der Waals surface area contributed by atoms with Crippen molar-refractivity contribution < 1.29 is 9.53 Å². The standard InChI is InChI=1S/C19H34N4O2/c1-13(21-18(24)25-19(4,5)6)12-23-15(3)17(14(2)22-23)11-16-7-9-20-10-8-16/h13,16,20H,7-12H2,1-6H3,(H,21,24). The van der Waals surface area contributed by atoms with Gasteiger partial charge in [0.25, 0.3) is 0 Å². The molecule has 1 aromatic heterocycles. The number of nitrogens with one attached hydrogen (secondary N) is 2. The lowest BCUT2D eigenvalue weighted by molar-refractivity contribution is 0.0503. The van der Waals surface area contributed by atoms with Crippen LogP contribution in [-0.2, 0) is 17.7 Å². The van der Waals surface area contributed by atoms with Crippen LogP contribution in [0.3, 0.4) is 0 Å². The number of hydrogen-bond acceptors (Lipinski definition) is 4. The van der Waals surface area contributed by atoms with Crippen molar-refractivity contribution in [3.63, 3.8) is 0 Å². The fraction of sp³-hybridized carbons (Fsp3) is 0.789. The van der Waals surface area contributed by atoms with Gasteiger partial charge in [-0.3, -0.25) is 4.68 Å². The fourth-order valence-electron chi connectivity index (χ4n) is 3.40. The molecule has 0 aromatic carbocycles. The average molecular weight is 351 g/mol. The Hall–Kier alpha value is -1.56. The summed E-state index contributed by atoms with van der Waals surface area (Å²) in [5.41, 5.74) is 3.22. The molecule has 6 heteroatoms. The van der Waals surface area contributed by atoms with Gasteiger partial charge in [-0.15, -0.1) is 0 Å².